The molecule has 6 heteroatoms. The summed E-state index contributed by atoms with van der Waals surface area (Å²) < 4.78 is 5.49. The summed E-state index contributed by atoms with van der Waals surface area (Å²) in [6, 6.07) is 10.3. The first-order chi connectivity index (χ1) is 11.4. The summed E-state index contributed by atoms with van der Waals surface area (Å²) in [6.45, 7) is 5.26. The maximum atomic E-state index is 11.4. The van der Waals surface area contributed by atoms with Crippen molar-refractivity contribution in [1.82, 2.24) is 15.5 Å². The minimum absolute atomic E-state index is 0.111. The van der Waals surface area contributed by atoms with E-state index in [9.17, 15) is 4.79 Å². The van der Waals surface area contributed by atoms with Crippen LogP contribution in [0.25, 0.3) is 0 Å². The average Bonchev–Trinajstić information content (AvgIpc) is 3.16. The zero-order valence-electron chi connectivity index (χ0n) is 14.3. The summed E-state index contributed by atoms with van der Waals surface area (Å²) in [5.41, 5.74) is -0.648. The second kappa shape index (κ2) is 6.59. The van der Waals surface area contributed by atoms with Gasteiger partial charge in [-0.15, -0.1) is 11.8 Å². The molecule has 5 nitrogen and oxygen atoms in total. The molecule has 0 spiro atoms. The van der Waals surface area contributed by atoms with Crippen LogP contribution in [0.4, 0.5) is 0 Å². The van der Waals surface area contributed by atoms with E-state index in [2.05, 4.69) is 27.6 Å². The van der Waals surface area contributed by atoms with Crippen LogP contribution in [0.3, 0.4) is 0 Å². The maximum absolute atomic E-state index is 11.4. The van der Waals surface area contributed by atoms with E-state index in [0.717, 1.165) is 25.7 Å². The van der Waals surface area contributed by atoms with Gasteiger partial charge >= 0.3 is 0 Å². The molecule has 0 aliphatic heterocycles. The fraction of sp³-hybridized carbons (Fsp3) is 0.500. The number of amides is 1. The van der Waals surface area contributed by atoms with Gasteiger partial charge in [-0.1, -0.05) is 36.2 Å². The van der Waals surface area contributed by atoms with Crippen LogP contribution in [-0.4, -0.2) is 16.0 Å². The molecule has 0 saturated heterocycles. The Balaban J connectivity index is 1.89. The van der Waals surface area contributed by atoms with Crippen molar-refractivity contribution >= 4 is 17.7 Å². The number of carbonyl (C=O) groups excluding carboxylic acids is 1. The highest BCUT2D eigenvalue weighted by Gasteiger charge is 2.43. The third-order valence-electron chi connectivity index (χ3n) is 4.33. The van der Waals surface area contributed by atoms with Crippen molar-refractivity contribution < 1.29 is 9.32 Å². The van der Waals surface area contributed by atoms with E-state index in [4.69, 9.17) is 4.52 Å². The highest BCUT2D eigenvalue weighted by atomic mass is 32.2. The third kappa shape index (κ3) is 3.48. The Hall–Kier alpha value is -1.82. The van der Waals surface area contributed by atoms with Crippen molar-refractivity contribution in [2.45, 2.75) is 61.6 Å². The van der Waals surface area contributed by atoms with Gasteiger partial charge in [0.2, 0.25) is 11.8 Å². The summed E-state index contributed by atoms with van der Waals surface area (Å²) in [6.07, 6.45) is 4.36. The molecule has 1 aromatic heterocycles. The van der Waals surface area contributed by atoms with Crippen molar-refractivity contribution in [3.8, 4) is 0 Å². The fourth-order valence-corrected chi connectivity index (χ4v) is 4.59. The molecule has 2 aromatic rings. The minimum Gasteiger partial charge on any atom is -0.344 e. The molecule has 0 bridgehead atoms. The molecule has 1 saturated carbocycles. The average molecular weight is 345 g/mol. The molecular weight excluding hydrogens is 322 g/mol. The van der Waals surface area contributed by atoms with Gasteiger partial charge in [0.05, 0.1) is 10.3 Å². The molecule has 128 valence electrons. The van der Waals surface area contributed by atoms with Gasteiger partial charge in [-0.2, -0.15) is 4.98 Å². The van der Waals surface area contributed by atoms with Gasteiger partial charge in [0, 0.05) is 11.8 Å². The maximum Gasteiger partial charge on any atom is 0.243 e. The SMILES string of the molecule is CC(=O)NC(C)(C)c1noc(C2(Sc3ccccc3)CCCC2)n1. The van der Waals surface area contributed by atoms with Gasteiger partial charge in [-0.25, -0.2) is 0 Å². The van der Waals surface area contributed by atoms with Crippen molar-refractivity contribution in [1.29, 1.82) is 0 Å². The molecule has 24 heavy (non-hydrogen) atoms. The topological polar surface area (TPSA) is 68.0 Å². The number of carbonyl (C=O) groups is 1. The molecule has 0 unspecified atom stereocenters. The lowest BCUT2D eigenvalue weighted by Crippen LogP contribution is -2.40. The van der Waals surface area contributed by atoms with Gasteiger partial charge in [0.15, 0.2) is 5.82 Å². The molecule has 1 aliphatic carbocycles. The molecule has 0 radical (unpaired) electrons. The van der Waals surface area contributed by atoms with E-state index in [0.29, 0.717) is 11.7 Å². The Morgan fingerprint density at radius 3 is 2.54 bits per heavy atom. The van der Waals surface area contributed by atoms with Crippen LogP contribution in [-0.2, 0) is 15.1 Å². The van der Waals surface area contributed by atoms with Gasteiger partial charge < -0.3 is 9.84 Å². The number of nitrogens with one attached hydrogen (secondary N) is 1. The van der Waals surface area contributed by atoms with Crippen LogP contribution in [0.2, 0.25) is 0 Å². The van der Waals surface area contributed by atoms with E-state index >= 15 is 0 Å². The van der Waals surface area contributed by atoms with Crippen LogP contribution in [0.15, 0.2) is 39.8 Å². The monoisotopic (exact) mass is 345 g/mol. The van der Waals surface area contributed by atoms with Gasteiger partial charge in [0.1, 0.15) is 0 Å². The molecule has 1 amide bonds. The number of hydrogen-bond donors (Lipinski definition) is 1. The van der Waals surface area contributed by atoms with E-state index in [-0.39, 0.29) is 10.7 Å². The van der Waals surface area contributed by atoms with Crippen molar-refractivity contribution in [2.75, 3.05) is 0 Å². The zero-order valence-corrected chi connectivity index (χ0v) is 15.2. The Labute approximate surface area is 146 Å². The molecule has 1 fully saturated rings. The van der Waals surface area contributed by atoms with Gasteiger partial charge in [-0.3, -0.25) is 4.79 Å². The first kappa shape index (κ1) is 17.0. The number of nitrogens with zero attached hydrogens (tertiary/aromatic N) is 2. The quantitative estimate of drug-likeness (QED) is 0.887. The number of aromatic nitrogens is 2. The summed E-state index contributed by atoms with van der Waals surface area (Å²) in [5, 5.41) is 7.03. The summed E-state index contributed by atoms with van der Waals surface area (Å²) in [7, 11) is 0. The zero-order chi connectivity index (χ0) is 17.2. The highest BCUT2D eigenvalue weighted by molar-refractivity contribution is 8.00. The highest BCUT2D eigenvalue weighted by Crippen LogP contribution is 2.52. The smallest absolute Gasteiger partial charge is 0.243 e. The number of rotatable bonds is 5. The molecule has 1 aliphatic rings. The lowest BCUT2D eigenvalue weighted by molar-refractivity contribution is -0.120. The molecule has 3 rings (SSSR count). The minimum atomic E-state index is -0.648. The van der Waals surface area contributed by atoms with Crippen LogP contribution in [0.5, 0.6) is 0 Å². The van der Waals surface area contributed by atoms with Gasteiger partial charge in [0.25, 0.3) is 0 Å². The van der Waals surface area contributed by atoms with Crippen LogP contribution in [0, 0.1) is 0 Å². The van der Waals surface area contributed by atoms with Gasteiger partial charge in [-0.05, 0) is 38.8 Å². The Morgan fingerprint density at radius 2 is 1.92 bits per heavy atom. The van der Waals surface area contributed by atoms with Crippen LogP contribution >= 0.6 is 11.8 Å². The Morgan fingerprint density at radius 1 is 1.25 bits per heavy atom. The predicted octanol–water partition coefficient (Wildman–Crippen LogP) is 4.00. The third-order valence-corrected chi connectivity index (χ3v) is 5.81. The Bertz CT molecular complexity index is 706. The molecule has 0 atom stereocenters. The van der Waals surface area contributed by atoms with Crippen molar-refractivity contribution in [3.05, 3.63) is 42.0 Å². The van der Waals surface area contributed by atoms with Crippen molar-refractivity contribution in [3.63, 3.8) is 0 Å². The second-order valence-corrected chi connectivity index (χ2v) is 8.30. The molecular formula is C18H23N3O2S. The lowest BCUT2D eigenvalue weighted by atomic mass is 10.0. The summed E-state index contributed by atoms with van der Waals surface area (Å²) >= 11 is 1.81. The standard InChI is InChI=1S/C18H23N3O2S/c1-13(22)20-17(2,3)15-19-16(23-21-15)18(11-7-8-12-18)24-14-9-5-4-6-10-14/h4-6,9-10H,7-8,11-12H2,1-3H3,(H,20,22). The van der Waals surface area contributed by atoms with Crippen LogP contribution in [0.1, 0.15) is 58.2 Å². The summed E-state index contributed by atoms with van der Waals surface area (Å²) in [5.74, 6) is 1.08. The normalized spacial score (nSPS) is 17.0. The summed E-state index contributed by atoms with van der Waals surface area (Å²) in [4.78, 5) is 17.3. The number of benzene rings is 1. The first-order valence-electron chi connectivity index (χ1n) is 8.29. The van der Waals surface area contributed by atoms with E-state index in [1.54, 1.807) is 11.8 Å². The molecule has 1 N–H and O–H groups in total. The largest absolute Gasteiger partial charge is 0.344 e. The van der Waals surface area contributed by atoms with Crippen LogP contribution < -0.4 is 5.32 Å². The Kier molecular flexibility index (Phi) is 4.67. The number of thioether (sulfide) groups is 1. The van der Waals surface area contributed by atoms with E-state index in [1.807, 2.05) is 32.0 Å². The van der Waals surface area contributed by atoms with E-state index in [1.165, 1.54) is 11.8 Å². The first-order valence-corrected chi connectivity index (χ1v) is 9.10. The fourth-order valence-electron chi connectivity index (χ4n) is 3.18. The van der Waals surface area contributed by atoms with Crippen molar-refractivity contribution in [2.24, 2.45) is 0 Å². The van der Waals surface area contributed by atoms with E-state index < -0.39 is 5.54 Å². The number of hydrogen-bond acceptors (Lipinski definition) is 5. The second-order valence-electron chi connectivity index (χ2n) is 6.85. The predicted molar refractivity (Wildman–Crippen MR) is 93.6 cm³/mol. The molecule has 1 aromatic carbocycles. The lowest BCUT2D eigenvalue weighted by Gasteiger charge is -2.24. The molecule has 1 heterocycles.